The second kappa shape index (κ2) is 5.89. The van der Waals surface area contributed by atoms with Crippen molar-refractivity contribution in [1.29, 1.82) is 0 Å². The van der Waals surface area contributed by atoms with Crippen LogP contribution in [0.2, 0.25) is 0 Å². The summed E-state index contributed by atoms with van der Waals surface area (Å²) in [6.45, 7) is 8.16. The number of rotatable bonds is 5. The molecule has 3 nitrogen and oxygen atoms in total. The van der Waals surface area contributed by atoms with Crippen molar-refractivity contribution in [1.82, 2.24) is 4.57 Å². The van der Waals surface area contributed by atoms with Crippen molar-refractivity contribution in [2.45, 2.75) is 52.1 Å². The summed E-state index contributed by atoms with van der Waals surface area (Å²) in [6.07, 6.45) is 5.69. The maximum atomic E-state index is 6.19. The number of ether oxygens (including phenoxy) is 1. The molecule has 0 saturated carbocycles. The number of nitrogens with two attached hydrogens (primary N) is 1. The third-order valence-corrected chi connectivity index (χ3v) is 4.01. The maximum Gasteiger partial charge on any atom is 0.0676 e. The monoisotopic (exact) mass is 250 g/mol. The van der Waals surface area contributed by atoms with Gasteiger partial charge >= 0.3 is 0 Å². The van der Waals surface area contributed by atoms with E-state index >= 15 is 0 Å². The first-order chi connectivity index (χ1) is 8.65. The van der Waals surface area contributed by atoms with Crippen molar-refractivity contribution in [2.75, 3.05) is 13.2 Å². The van der Waals surface area contributed by atoms with Crippen molar-refractivity contribution in [3.63, 3.8) is 0 Å². The minimum absolute atomic E-state index is 0.231. The van der Waals surface area contributed by atoms with Gasteiger partial charge in [-0.3, -0.25) is 0 Å². The first-order valence-corrected chi connectivity index (χ1v) is 7.18. The third kappa shape index (κ3) is 2.62. The van der Waals surface area contributed by atoms with E-state index < -0.39 is 0 Å². The van der Waals surface area contributed by atoms with Crippen LogP contribution in [0.15, 0.2) is 12.3 Å². The van der Waals surface area contributed by atoms with Gasteiger partial charge in [0, 0.05) is 24.5 Å². The van der Waals surface area contributed by atoms with Crippen LogP contribution in [0.4, 0.5) is 0 Å². The molecule has 0 amide bonds. The molecule has 0 aliphatic heterocycles. The highest BCUT2D eigenvalue weighted by molar-refractivity contribution is 5.29. The summed E-state index contributed by atoms with van der Waals surface area (Å²) in [5, 5.41) is 0. The molecule has 1 heterocycles. The summed E-state index contributed by atoms with van der Waals surface area (Å²) in [7, 11) is 0. The lowest BCUT2D eigenvalue weighted by Gasteiger charge is -2.28. The fourth-order valence-electron chi connectivity index (χ4n) is 2.90. The molecule has 2 N–H and O–H groups in total. The molecule has 102 valence electrons. The zero-order valence-corrected chi connectivity index (χ0v) is 11.9. The number of aromatic nitrogens is 1. The number of hydrogen-bond acceptors (Lipinski definition) is 2. The van der Waals surface area contributed by atoms with Crippen LogP contribution in [0.25, 0.3) is 0 Å². The summed E-state index contributed by atoms with van der Waals surface area (Å²) in [5.74, 6) is 0.575. The standard InChI is InChI=1S/C15H26N2O/c1-4-18-10-15(11(2)3)17-9-8-12-13(16)6-5-7-14(12)17/h8-9,11,13,15H,4-7,10,16H2,1-3H3. The van der Waals surface area contributed by atoms with E-state index in [0.717, 1.165) is 26.1 Å². The molecule has 1 aromatic rings. The van der Waals surface area contributed by atoms with E-state index in [1.807, 2.05) is 0 Å². The lowest BCUT2D eigenvalue weighted by Crippen LogP contribution is -2.25. The van der Waals surface area contributed by atoms with Gasteiger partial charge in [-0.05, 0) is 43.7 Å². The van der Waals surface area contributed by atoms with Crippen LogP contribution in [0.5, 0.6) is 0 Å². The molecule has 0 saturated heterocycles. The van der Waals surface area contributed by atoms with Gasteiger partial charge in [0.1, 0.15) is 0 Å². The molecule has 3 heteroatoms. The molecular formula is C15H26N2O. The summed E-state index contributed by atoms with van der Waals surface area (Å²) in [4.78, 5) is 0. The molecule has 2 rings (SSSR count). The zero-order chi connectivity index (χ0) is 13.1. The molecule has 0 aromatic carbocycles. The lowest BCUT2D eigenvalue weighted by atomic mass is 9.93. The Balaban J connectivity index is 2.25. The molecule has 0 spiro atoms. The van der Waals surface area contributed by atoms with E-state index in [1.54, 1.807) is 0 Å². The summed E-state index contributed by atoms with van der Waals surface area (Å²) in [6, 6.07) is 2.87. The quantitative estimate of drug-likeness (QED) is 0.872. The van der Waals surface area contributed by atoms with E-state index in [4.69, 9.17) is 10.5 Å². The minimum atomic E-state index is 0.231. The van der Waals surface area contributed by atoms with Gasteiger partial charge in [-0.2, -0.15) is 0 Å². The second-order valence-corrected chi connectivity index (χ2v) is 5.59. The number of nitrogens with zero attached hydrogens (tertiary/aromatic N) is 1. The van der Waals surface area contributed by atoms with Gasteiger partial charge in [-0.15, -0.1) is 0 Å². The van der Waals surface area contributed by atoms with Gasteiger partial charge in [0.15, 0.2) is 0 Å². The van der Waals surface area contributed by atoms with Crippen LogP contribution >= 0.6 is 0 Å². The van der Waals surface area contributed by atoms with E-state index in [0.29, 0.717) is 12.0 Å². The van der Waals surface area contributed by atoms with Crippen LogP contribution in [0, 0.1) is 5.92 Å². The zero-order valence-electron chi connectivity index (χ0n) is 11.9. The predicted octanol–water partition coefficient (Wildman–Crippen LogP) is 3.06. The molecule has 1 aliphatic carbocycles. The van der Waals surface area contributed by atoms with Gasteiger partial charge in [-0.1, -0.05) is 13.8 Å². The van der Waals surface area contributed by atoms with E-state index in [9.17, 15) is 0 Å². The lowest BCUT2D eigenvalue weighted by molar-refractivity contribution is 0.0953. The normalized spacial score (nSPS) is 21.1. The Hall–Kier alpha value is -0.800. The topological polar surface area (TPSA) is 40.2 Å². The van der Waals surface area contributed by atoms with Gasteiger partial charge in [0.2, 0.25) is 0 Å². The van der Waals surface area contributed by atoms with E-state index in [2.05, 4.69) is 37.6 Å². The predicted molar refractivity (Wildman–Crippen MR) is 74.7 cm³/mol. The highest BCUT2D eigenvalue weighted by Gasteiger charge is 2.24. The van der Waals surface area contributed by atoms with Crippen LogP contribution < -0.4 is 5.73 Å². The Morgan fingerprint density at radius 1 is 1.50 bits per heavy atom. The Morgan fingerprint density at radius 3 is 2.94 bits per heavy atom. The van der Waals surface area contributed by atoms with Crippen LogP contribution in [0.1, 0.15) is 57.0 Å². The third-order valence-electron chi connectivity index (χ3n) is 4.01. The highest BCUT2D eigenvalue weighted by Crippen LogP contribution is 2.32. The molecular weight excluding hydrogens is 224 g/mol. The largest absolute Gasteiger partial charge is 0.380 e. The average molecular weight is 250 g/mol. The Labute approximate surface area is 110 Å². The molecule has 1 aliphatic rings. The van der Waals surface area contributed by atoms with Crippen molar-refractivity contribution in [3.05, 3.63) is 23.5 Å². The molecule has 0 radical (unpaired) electrons. The van der Waals surface area contributed by atoms with Crippen LogP contribution in [0.3, 0.4) is 0 Å². The van der Waals surface area contributed by atoms with Gasteiger partial charge < -0.3 is 15.0 Å². The molecule has 2 atom stereocenters. The van der Waals surface area contributed by atoms with Crippen molar-refractivity contribution >= 4 is 0 Å². The number of fused-ring (bicyclic) bond motifs is 1. The molecule has 2 unspecified atom stereocenters. The Kier molecular flexibility index (Phi) is 4.46. The first-order valence-electron chi connectivity index (χ1n) is 7.18. The molecule has 1 aromatic heterocycles. The van der Waals surface area contributed by atoms with Gasteiger partial charge in [0.05, 0.1) is 12.6 Å². The van der Waals surface area contributed by atoms with Crippen molar-refractivity contribution in [3.8, 4) is 0 Å². The Morgan fingerprint density at radius 2 is 2.28 bits per heavy atom. The molecule has 18 heavy (non-hydrogen) atoms. The van der Waals surface area contributed by atoms with Crippen molar-refractivity contribution < 1.29 is 4.74 Å². The smallest absolute Gasteiger partial charge is 0.0676 e. The summed E-state index contributed by atoms with van der Waals surface area (Å²) < 4.78 is 8.06. The SMILES string of the molecule is CCOCC(C(C)C)n1ccc2c1CCCC2N. The Bertz CT molecular complexity index is 384. The first kappa shape index (κ1) is 13.6. The fourth-order valence-corrected chi connectivity index (χ4v) is 2.90. The van der Waals surface area contributed by atoms with Gasteiger partial charge in [0.25, 0.3) is 0 Å². The highest BCUT2D eigenvalue weighted by atomic mass is 16.5. The van der Waals surface area contributed by atoms with E-state index in [-0.39, 0.29) is 6.04 Å². The van der Waals surface area contributed by atoms with Crippen LogP contribution in [-0.4, -0.2) is 17.8 Å². The summed E-state index contributed by atoms with van der Waals surface area (Å²) in [5.41, 5.74) is 8.98. The molecule has 0 bridgehead atoms. The summed E-state index contributed by atoms with van der Waals surface area (Å²) >= 11 is 0. The second-order valence-electron chi connectivity index (χ2n) is 5.59. The minimum Gasteiger partial charge on any atom is -0.380 e. The maximum absolute atomic E-state index is 6.19. The number of hydrogen-bond donors (Lipinski definition) is 1. The fraction of sp³-hybridized carbons (Fsp3) is 0.733. The van der Waals surface area contributed by atoms with Crippen molar-refractivity contribution in [2.24, 2.45) is 11.7 Å². The molecule has 0 fully saturated rings. The van der Waals surface area contributed by atoms with Gasteiger partial charge in [-0.25, -0.2) is 0 Å². The van der Waals surface area contributed by atoms with E-state index in [1.165, 1.54) is 17.7 Å². The van der Waals surface area contributed by atoms with Crippen LogP contribution in [-0.2, 0) is 11.2 Å². The average Bonchev–Trinajstić information content (AvgIpc) is 2.75.